The molecule has 0 saturated carbocycles. The predicted octanol–water partition coefficient (Wildman–Crippen LogP) is 3.13. The minimum absolute atomic E-state index is 0.139. The summed E-state index contributed by atoms with van der Waals surface area (Å²) in [5, 5.41) is -0.221. The van der Waals surface area contributed by atoms with E-state index in [0.29, 0.717) is 26.4 Å². The summed E-state index contributed by atoms with van der Waals surface area (Å²) in [6.45, 7) is 6.66. The summed E-state index contributed by atoms with van der Waals surface area (Å²) in [4.78, 5) is 9.77. The molecule has 0 radical (unpaired) electrons. The van der Waals surface area contributed by atoms with Gasteiger partial charge in [-0.2, -0.15) is 0 Å². The van der Waals surface area contributed by atoms with Crippen molar-refractivity contribution < 1.29 is 19.2 Å². The molecule has 0 bridgehead atoms. The molecule has 18 heavy (non-hydrogen) atoms. The van der Waals surface area contributed by atoms with E-state index in [2.05, 4.69) is 13.8 Å². The summed E-state index contributed by atoms with van der Waals surface area (Å²) in [5.41, 5.74) is 0. The lowest BCUT2D eigenvalue weighted by molar-refractivity contribution is -0.248. The van der Waals surface area contributed by atoms with Crippen LogP contribution >= 0.6 is 11.6 Å². The van der Waals surface area contributed by atoms with Crippen LogP contribution in [0, 0.1) is 5.92 Å². The van der Waals surface area contributed by atoms with Gasteiger partial charge in [0.1, 0.15) is 0 Å². The van der Waals surface area contributed by atoms with Crippen LogP contribution in [0.15, 0.2) is 0 Å². The summed E-state index contributed by atoms with van der Waals surface area (Å²) >= 11 is 6.40. The standard InChI is InChI=1S/C13H25ClO4/c1-3-5-7-15-13(16-8-6-4-2)12(14)11-9-17-18-10-11/h11-13H,3-10H2,1-2H3. The highest BCUT2D eigenvalue weighted by molar-refractivity contribution is 6.21. The third-order valence-electron chi connectivity index (χ3n) is 2.92. The Morgan fingerprint density at radius 3 is 2.00 bits per heavy atom. The van der Waals surface area contributed by atoms with Gasteiger partial charge in [0.05, 0.1) is 18.6 Å². The fraction of sp³-hybridized carbons (Fsp3) is 1.00. The van der Waals surface area contributed by atoms with E-state index in [1.54, 1.807) is 0 Å². The summed E-state index contributed by atoms with van der Waals surface area (Å²) in [6.07, 6.45) is 3.89. The van der Waals surface area contributed by atoms with E-state index in [4.69, 9.17) is 30.8 Å². The molecule has 1 saturated heterocycles. The molecule has 0 aromatic carbocycles. The Morgan fingerprint density at radius 1 is 1.06 bits per heavy atom. The van der Waals surface area contributed by atoms with Crippen LogP contribution < -0.4 is 0 Å². The highest BCUT2D eigenvalue weighted by Crippen LogP contribution is 2.23. The number of rotatable bonds is 10. The van der Waals surface area contributed by atoms with Gasteiger partial charge < -0.3 is 9.47 Å². The molecule has 0 aromatic heterocycles. The Labute approximate surface area is 115 Å². The van der Waals surface area contributed by atoms with Crippen molar-refractivity contribution in [3.05, 3.63) is 0 Å². The minimum atomic E-state index is -0.361. The van der Waals surface area contributed by atoms with Crippen molar-refractivity contribution in [3.8, 4) is 0 Å². The number of halogens is 1. The van der Waals surface area contributed by atoms with E-state index in [9.17, 15) is 0 Å². The molecule has 1 atom stereocenters. The lowest BCUT2D eigenvalue weighted by Gasteiger charge is -2.25. The minimum Gasteiger partial charge on any atom is -0.351 e. The second kappa shape index (κ2) is 9.98. The fourth-order valence-corrected chi connectivity index (χ4v) is 1.94. The van der Waals surface area contributed by atoms with Gasteiger partial charge in [-0.15, -0.1) is 11.6 Å². The second-order valence-corrected chi connectivity index (χ2v) is 5.09. The van der Waals surface area contributed by atoms with Crippen molar-refractivity contribution in [2.75, 3.05) is 26.4 Å². The molecule has 0 aromatic rings. The quantitative estimate of drug-likeness (QED) is 0.267. The van der Waals surface area contributed by atoms with Crippen molar-refractivity contribution >= 4 is 11.6 Å². The molecule has 1 heterocycles. The highest BCUT2D eigenvalue weighted by Gasteiger charge is 2.33. The van der Waals surface area contributed by atoms with Crippen LogP contribution in [0.3, 0.4) is 0 Å². The second-order valence-electron chi connectivity index (χ2n) is 4.59. The maximum Gasteiger partial charge on any atom is 0.174 e. The summed E-state index contributed by atoms with van der Waals surface area (Å²) in [6, 6.07) is 0. The number of unbranched alkanes of at least 4 members (excludes halogenated alkanes) is 2. The molecule has 1 unspecified atom stereocenters. The van der Waals surface area contributed by atoms with Gasteiger partial charge in [0.2, 0.25) is 0 Å². The van der Waals surface area contributed by atoms with Gasteiger partial charge in [0.15, 0.2) is 6.29 Å². The first-order valence-electron chi connectivity index (χ1n) is 6.91. The predicted molar refractivity (Wildman–Crippen MR) is 70.5 cm³/mol. The van der Waals surface area contributed by atoms with E-state index in [1.165, 1.54) is 0 Å². The average Bonchev–Trinajstić information content (AvgIpc) is 2.90. The molecule has 4 nitrogen and oxygen atoms in total. The Morgan fingerprint density at radius 2 is 1.56 bits per heavy atom. The molecule has 1 aliphatic rings. The number of hydrogen-bond donors (Lipinski definition) is 0. The zero-order valence-electron chi connectivity index (χ0n) is 11.4. The van der Waals surface area contributed by atoms with Crippen LogP contribution in [-0.4, -0.2) is 38.1 Å². The van der Waals surface area contributed by atoms with E-state index in [-0.39, 0.29) is 17.6 Å². The molecule has 0 N–H and O–H groups in total. The van der Waals surface area contributed by atoms with Crippen molar-refractivity contribution in [1.82, 2.24) is 0 Å². The SMILES string of the molecule is CCCCOC(OCCCC)C(Cl)C1COOC1. The van der Waals surface area contributed by atoms with Gasteiger partial charge >= 0.3 is 0 Å². The molecule has 0 aliphatic carbocycles. The third kappa shape index (κ3) is 5.85. The molecule has 1 aliphatic heterocycles. The van der Waals surface area contributed by atoms with Crippen LogP contribution in [0.25, 0.3) is 0 Å². The molecule has 5 heteroatoms. The van der Waals surface area contributed by atoms with E-state index >= 15 is 0 Å². The molecule has 108 valence electrons. The Bertz CT molecular complexity index is 187. The van der Waals surface area contributed by atoms with Crippen molar-refractivity contribution in [2.24, 2.45) is 5.92 Å². The maximum absolute atomic E-state index is 6.40. The average molecular weight is 281 g/mol. The van der Waals surface area contributed by atoms with Gasteiger partial charge in [0, 0.05) is 19.1 Å². The van der Waals surface area contributed by atoms with Gasteiger partial charge in [-0.1, -0.05) is 26.7 Å². The summed E-state index contributed by atoms with van der Waals surface area (Å²) < 4.78 is 11.5. The van der Waals surface area contributed by atoms with Gasteiger partial charge in [-0.05, 0) is 12.8 Å². The van der Waals surface area contributed by atoms with Gasteiger partial charge in [-0.3, -0.25) is 0 Å². The number of ether oxygens (including phenoxy) is 2. The fourth-order valence-electron chi connectivity index (χ4n) is 1.64. The lowest BCUT2D eigenvalue weighted by atomic mass is 10.1. The summed E-state index contributed by atoms with van der Waals surface area (Å²) in [5.74, 6) is 0.139. The van der Waals surface area contributed by atoms with Crippen molar-refractivity contribution in [2.45, 2.75) is 51.2 Å². The normalized spacial score (nSPS) is 18.7. The van der Waals surface area contributed by atoms with Crippen molar-refractivity contribution in [1.29, 1.82) is 0 Å². The maximum atomic E-state index is 6.40. The molecular formula is C13H25ClO4. The molecule has 1 rings (SSSR count). The lowest BCUT2D eigenvalue weighted by Crippen LogP contribution is -2.35. The molecule has 0 spiro atoms. The number of hydrogen-bond acceptors (Lipinski definition) is 4. The monoisotopic (exact) mass is 280 g/mol. The van der Waals surface area contributed by atoms with Crippen molar-refractivity contribution in [3.63, 3.8) is 0 Å². The van der Waals surface area contributed by atoms with Crippen LogP contribution in [-0.2, 0) is 19.2 Å². The van der Waals surface area contributed by atoms with Crippen LogP contribution in [0.4, 0.5) is 0 Å². The van der Waals surface area contributed by atoms with Gasteiger partial charge in [-0.25, -0.2) is 9.78 Å². The number of alkyl halides is 1. The Hall–Kier alpha value is 0.130. The molecule has 1 fully saturated rings. The Kier molecular flexibility index (Phi) is 8.98. The van der Waals surface area contributed by atoms with Crippen LogP contribution in [0.2, 0.25) is 0 Å². The first-order chi connectivity index (χ1) is 8.79. The zero-order valence-corrected chi connectivity index (χ0v) is 12.2. The van der Waals surface area contributed by atoms with Gasteiger partial charge in [0.25, 0.3) is 0 Å². The smallest absolute Gasteiger partial charge is 0.174 e. The van der Waals surface area contributed by atoms with E-state index < -0.39 is 0 Å². The topological polar surface area (TPSA) is 36.9 Å². The Balaban J connectivity index is 2.35. The molecular weight excluding hydrogens is 256 g/mol. The van der Waals surface area contributed by atoms with Crippen LogP contribution in [0.5, 0.6) is 0 Å². The van der Waals surface area contributed by atoms with E-state index in [0.717, 1.165) is 25.7 Å². The molecule has 0 amide bonds. The van der Waals surface area contributed by atoms with Crippen LogP contribution in [0.1, 0.15) is 39.5 Å². The zero-order chi connectivity index (χ0) is 13.2. The first kappa shape index (κ1) is 16.2. The van der Waals surface area contributed by atoms with E-state index in [1.807, 2.05) is 0 Å². The third-order valence-corrected chi connectivity index (χ3v) is 3.48. The highest BCUT2D eigenvalue weighted by atomic mass is 35.5. The summed E-state index contributed by atoms with van der Waals surface area (Å²) in [7, 11) is 0. The first-order valence-corrected chi connectivity index (χ1v) is 7.34. The largest absolute Gasteiger partial charge is 0.351 e.